The quantitative estimate of drug-likeness (QED) is 0.179. The van der Waals surface area contributed by atoms with Crippen LogP contribution in [0.4, 0.5) is 0 Å². The zero-order valence-electron chi connectivity index (χ0n) is 31.0. The first-order valence-electron chi connectivity index (χ1n) is 16.6. The van der Waals surface area contributed by atoms with Crippen LogP contribution in [-0.2, 0) is 90.5 Å². The smallest absolute Gasteiger partial charge is 0.346 e. The predicted octanol–water partition coefficient (Wildman–Crippen LogP) is 1.54. The lowest BCUT2D eigenvalue weighted by molar-refractivity contribution is -0.357. The molecule has 0 amide bonds. The van der Waals surface area contributed by atoms with Crippen LogP contribution in [0, 0.1) is 0 Å². The molecule has 0 radical (unpaired) electrons. The van der Waals surface area contributed by atoms with E-state index < -0.39 is 129 Å². The minimum atomic E-state index is -1.89. The molecular weight excluding hydrogens is 799 g/mol. The Balaban J connectivity index is 2.10. The first-order chi connectivity index (χ1) is 26.2. The highest BCUT2D eigenvalue weighted by molar-refractivity contribution is 6.35. The number of ether oxygens (including phenoxy) is 12. The molecule has 2 heterocycles. The van der Waals surface area contributed by atoms with Crippen molar-refractivity contribution in [2.75, 3.05) is 19.8 Å². The summed E-state index contributed by atoms with van der Waals surface area (Å²) in [6.07, 6.45) is -17.2. The maximum atomic E-state index is 13.1. The number of hydrogen-bond acceptors (Lipinski definition) is 20. The molecule has 0 aliphatic carbocycles. The molecule has 1 aromatic rings. The van der Waals surface area contributed by atoms with Crippen LogP contribution in [0.25, 0.3) is 0 Å². The molecule has 310 valence electrons. The molecule has 22 heteroatoms. The van der Waals surface area contributed by atoms with Crippen LogP contribution in [0.3, 0.4) is 0 Å². The molecule has 56 heavy (non-hydrogen) atoms. The molecule has 3 rings (SSSR count). The largest absolute Gasteiger partial charge is 0.480 e. The summed E-state index contributed by atoms with van der Waals surface area (Å²) in [6.45, 7) is 5.02. The third-order valence-corrected chi connectivity index (χ3v) is 7.90. The Bertz CT molecular complexity index is 1630. The molecule has 0 bridgehead atoms. The predicted molar refractivity (Wildman–Crippen MR) is 181 cm³/mol. The zero-order valence-corrected chi connectivity index (χ0v) is 32.6. The van der Waals surface area contributed by atoms with Gasteiger partial charge in [0.25, 0.3) is 0 Å². The Kier molecular flexibility index (Phi) is 17.1. The maximum absolute atomic E-state index is 13.1. The van der Waals surface area contributed by atoms with E-state index in [4.69, 9.17) is 80.0 Å². The van der Waals surface area contributed by atoms with Crippen LogP contribution >= 0.6 is 23.2 Å². The van der Waals surface area contributed by atoms with Gasteiger partial charge in [-0.1, -0.05) is 23.2 Å². The lowest BCUT2D eigenvalue weighted by Gasteiger charge is -2.48. The monoisotopic (exact) mass is 838 g/mol. The highest BCUT2D eigenvalue weighted by Crippen LogP contribution is 2.36. The highest BCUT2D eigenvalue weighted by atomic mass is 35.5. The Morgan fingerprint density at radius 1 is 0.536 bits per heavy atom. The topological polar surface area (TPSA) is 247 Å². The average Bonchev–Trinajstić information content (AvgIpc) is 3.06. The molecule has 20 nitrogen and oxygen atoms in total. The summed E-state index contributed by atoms with van der Waals surface area (Å²) in [7, 11) is 0. The van der Waals surface area contributed by atoms with Crippen LogP contribution in [0.2, 0.25) is 10.0 Å². The molecule has 10 atom stereocenters. The van der Waals surface area contributed by atoms with Gasteiger partial charge < -0.3 is 56.8 Å². The van der Waals surface area contributed by atoms with E-state index >= 15 is 0 Å². The fraction of sp³-hybridized carbons (Fsp3) is 0.588. The van der Waals surface area contributed by atoms with E-state index in [1.807, 2.05) is 0 Å². The molecule has 2 aliphatic rings. The SMILES string of the molecule is CC(=O)OC[C@H]1O[C@@H](O[C@H]2[C@H](OC(C)=O)[C@@H](OC(C)=O)[C@H](OC(=O)COc3ccc(Cl)cc3Cl)O[C@@H]2COC(C)=O)[C@H](OC(C)=O)[C@@H](OC(C)=O)[C@H]1OC(C)=O. The van der Waals surface area contributed by atoms with E-state index in [1.54, 1.807) is 0 Å². The van der Waals surface area contributed by atoms with E-state index in [0.717, 1.165) is 48.5 Å². The molecule has 2 aliphatic heterocycles. The van der Waals surface area contributed by atoms with Gasteiger partial charge in [0, 0.05) is 53.5 Å². The number of halogens is 2. The first-order valence-corrected chi connectivity index (χ1v) is 17.4. The van der Waals surface area contributed by atoms with E-state index in [-0.39, 0.29) is 10.8 Å². The van der Waals surface area contributed by atoms with Crippen LogP contribution in [-0.4, -0.2) is 129 Å². The van der Waals surface area contributed by atoms with Gasteiger partial charge in [0.1, 0.15) is 37.3 Å². The van der Waals surface area contributed by atoms with Crippen molar-refractivity contribution < 1.29 is 95.2 Å². The Hall–Kier alpha value is -4.76. The van der Waals surface area contributed by atoms with Gasteiger partial charge in [0.05, 0.1) is 5.02 Å². The van der Waals surface area contributed by atoms with Gasteiger partial charge in [0.2, 0.25) is 12.4 Å². The molecule has 0 spiro atoms. The number of carbonyl (C=O) groups is 8. The van der Waals surface area contributed by atoms with Crippen molar-refractivity contribution in [3.63, 3.8) is 0 Å². The summed E-state index contributed by atoms with van der Waals surface area (Å²) in [5.41, 5.74) is 0. The van der Waals surface area contributed by atoms with Gasteiger partial charge >= 0.3 is 47.8 Å². The number of esters is 8. The maximum Gasteiger partial charge on any atom is 0.346 e. The van der Waals surface area contributed by atoms with Crippen LogP contribution in [0.1, 0.15) is 48.5 Å². The molecule has 2 saturated heterocycles. The van der Waals surface area contributed by atoms with Gasteiger partial charge in [-0.25, -0.2) is 4.79 Å². The summed E-state index contributed by atoms with van der Waals surface area (Å²) in [6, 6.07) is 4.20. The van der Waals surface area contributed by atoms with Crippen molar-refractivity contribution in [1.29, 1.82) is 0 Å². The van der Waals surface area contributed by atoms with Gasteiger partial charge in [0.15, 0.2) is 37.3 Å². The van der Waals surface area contributed by atoms with Gasteiger partial charge in [-0.3, -0.25) is 33.6 Å². The van der Waals surface area contributed by atoms with E-state index in [0.29, 0.717) is 5.02 Å². The molecular formula is C34H40Cl2O20. The second-order valence-electron chi connectivity index (χ2n) is 12.0. The first kappa shape index (κ1) is 45.6. The van der Waals surface area contributed by atoms with Crippen LogP contribution in [0.15, 0.2) is 18.2 Å². The minimum absolute atomic E-state index is 0.0536. The summed E-state index contributed by atoms with van der Waals surface area (Å²) in [4.78, 5) is 98.8. The Morgan fingerprint density at radius 2 is 0.964 bits per heavy atom. The summed E-state index contributed by atoms with van der Waals surface area (Å²) < 4.78 is 66.6. The number of hydrogen-bond donors (Lipinski definition) is 0. The Labute approximate surface area is 329 Å². The number of carbonyl (C=O) groups excluding carboxylic acids is 8. The fourth-order valence-corrected chi connectivity index (χ4v) is 5.92. The number of rotatable bonds is 15. The molecule has 0 N–H and O–H groups in total. The third-order valence-electron chi connectivity index (χ3n) is 7.37. The van der Waals surface area contributed by atoms with Crippen molar-refractivity contribution in [1.82, 2.24) is 0 Å². The zero-order chi connectivity index (χ0) is 41.9. The van der Waals surface area contributed by atoms with Gasteiger partial charge in [-0.05, 0) is 18.2 Å². The van der Waals surface area contributed by atoms with Gasteiger partial charge in [-0.2, -0.15) is 0 Å². The van der Waals surface area contributed by atoms with Crippen molar-refractivity contribution >= 4 is 71.0 Å². The third kappa shape index (κ3) is 13.8. The lowest BCUT2D eigenvalue weighted by atomic mass is 9.96. The molecule has 2 fully saturated rings. The van der Waals surface area contributed by atoms with Crippen molar-refractivity contribution in [2.24, 2.45) is 0 Å². The molecule has 1 aromatic carbocycles. The van der Waals surface area contributed by atoms with E-state index in [1.165, 1.54) is 18.2 Å². The van der Waals surface area contributed by atoms with Crippen LogP contribution in [0.5, 0.6) is 5.75 Å². The molecule has 0 saturated carbocycles. The molecule has 0 aromatic heterocycles. The van der Waals surface area contributed by atoms with Crippen LogP contribution < -0.4 is 4.74 Å². The van der Waals surface area contributed by atoms with E-state index in [9.17, 15) is 38.4 Å². The fourth-order valence-electron chi connectivity index (χ4n) is 5.46. The lowest BCUT2D eigenvalue weighted by Crippen LogP contribution is -2.67. The standard InChI is InChI=1S/C34H40Cl2O20/c1-14(37)45-11-24-27(48-16(3)39)29(49-17(4)40)32(52-20(7)43)34(54-24)56-28-25(12-46-15(2)38)53-33(31(51-19(6)42)30(28)50-18(5)41)55-26(44)13-47-23-9-8-21(35)10-22(23)36/h8-10,24-25,27-34H,11-13H2,1-7H3/t24-,25-,27+,28-,29+,30+,31-,32-,33+,34+/m1/s1. The van der Waals surface area contributed by atoms with E-state index in [2.05, 4.69) is 0 Å². The van der Waals surface area contributed by atoms with Crippen molar-refractivity contribution in [3.8, 4) is 5.75 Å². The second kappa shape index (κ2) is 21.0. The minimum Gasteiger partial charge on any atom is -0.480 e. The summed E-state index contributed by atoms with van der Waals surface area (Å²) in [5, 5.41) is 0.358. The van der Waals surface area contributed by atoms with Crippen molar-refractivity contribution in [2.45, 2.75) is 110 Å². The summed E-state index contributed by atoms with van der Waals surface area (Å²) in [5.74, 6) is -7.44. The number of benzene rings is 1. The van der Waals surface area contributed by atoms with Crippen molar-refractivity contribution in [3.05, 3.63) is 28.2 Å². The average molecular weight is 840 g/mol. The molecule has 0 unspecified atom stereocenters. The summed E-state index contributed by atoms with van der Waals surface area (Å²) >= 11 is 12.0. The normalized spacial score (nSPS) is 27.0. The van der Waals surface area contributed by atoms with Gasteiger partial charge in [-0.15, -0.1) is 0 Å². The highest BCUT2D eigenvalue weighted by Gasteiger charge is 2.58. The Morgan fingerprint density at radius 3 is 1.45 bits per heavy atom. The second-order valence-corrected chi connectivity index (χ2v) is 12.9.